The van der Waals surface area contributed by atoms with Crippen LogP contribution in [0.5, 0.6) is 0 Å². The van der Waals surface area contributed by atoms with E-state index in [0.717, 1.165) is 16.5 Å². The van der Waals surface area contributed by atoms with E-state index in [0.29, 0.717) is 11.9 Å². The molecule has 1 saturated carbocycles. The van der Waals surface area contributed by atoms with Crippen LogP contribution in [0.25, 0.3) is 0 Å². The van der Waals surface area contributed by atoms with Crippen LogP contribution < -0.4 is 11.1 Å². The first-order valence-electron chi connectivity index (χ1n) is 5.16. The van der Waals surface area contributed by atoms with Gasteiger partial charge in [-0.15, -0.1) is 0 Å². The van der Waals surface area contributed by atoms with Gasteiger partial charge in [0.25, 0.3) is 0 Å². The summed E-state index contributed by atoms with van der Waals surface area (Å²) < 4.78 is 4.14. The molecule has 0 saturated heterocycles. The van der Waals surface area contributed by atoms with Crippen LogP contribution in [-0.4, -0.2) is 10.4 Å². The highest BCUT2D eigenvalue weighted by Gasteiger charge is 2.24. The Bertz CT molecular complexity index is 321. The van der Waals surface area contributed by atoms with Crippen LogP contribution in [0.4, 0.5) is 10.8 Å². The number of anilines is 2. The van der Waals surface area contributed by atoms with Crippen molar-refractivity contribution in [3.63, 3.8) is 0 Å². The zero-order valence-corrected chi connectivity index (χ0v) is 9.53. The molecule has 0 bridgehead atoms. The normalized spacial score (nSPS) is 26.7. The monoisotopic (exact) mass is 211 g/mol. The molecule has 2 unspecified atom stereocenters. The summed E-state index contributed by atoms with van der Waals surface area (Å²) in [6.45, 7) is 4.34. The lowest BCUT2D eigenvalue weighted by atomic mass is 10.1. The lowest BCUT2D eigenvalue weighted by Gasteiger charge is -2.17. The Balaban J connectivity index is 2.07. The van der Waals surface area contributed by atoms with E-state index in [1.54, 1.807) is 0 Å². The van der Waals surface area contributed by atoms with Gasteiger partial charge in [0.05, 0.1) is 0 Å². The molecule has 1 heterocycles. The van der Waals surface area contributed by atoms with E-state index in [4.69, 9.17) is 5.73 Å². The topological polar surface area (TPSA) is 50.9 Å². The van der Waals surface area contributed by atoms with E-state index in [9.17, 15) is 0 Å². The van der Waals surface area contributed by atoms with E-state index in [-0.39, 0.29) is 0 Å². The summed E-state index contributed by atoms with van der Waals surface area (Å²) in [5.41, 5.74) is 6.81. The molecule has 1 aliphatic rings. The molecule has 0 amide bonds. The predicted octanol–water partition coefficient (Wildman–Crippen LogP) is 2.63. The van der Waals surface area contributed by atoms with Gasteiger partial charge in [0.15, 0.2) is 0 Å². The maximum absolute atomic E-state index is 5.71. The molecule has 0 spiro atoms. The summed E-state index contributed by atoms with van der Waals surface area (Å²) in [5.74, 6) is 1.45. The van der Waals surface area contributed by atoms with Gasteiger partial charge in [-0.05, 0) is 37.2 Å². The number of hydrogen-bond acceptors (Lipinski definition) is 4. The van der Waals surface area contributed by atoms with Gasteiger partial charge in [0.2, 0.25) is 0 Å². The van der Waals surface area contributed by atoms with Crippen LogP contribution in [0.2, 0.25) is 0 Å². The standard InChI is InChI=1S/C10H17N3S/c1-6-4-3-5-8(6)12-10-7(2)9(11)13-14-10/h6,8,12H,3-5H2,1-2H3,(H2,11,13). The third-order valence-electron chi connectivity index (χ3n) is 3.14. The van der Waals surface area contributed by atoms with Crippen molar-refractivity contribution in [2.24, 2.45) is 5.92 Å². The number of nitrogens with zero attached hydrogens (tertiary/aromatic N) is 1. The van der Waals surface area contributed by atoms with Gasteiger partial charge in [0, 0.05) is 11.6 Å². The molecule has 1 fully saturated rings. The Morgan fingerprint density at radius 1 is 1.50 bits per heavy atom. The Hall–Kier alpha value is -0.770. The van der Waals surface area contributed by atoms with Crippen LogP contribution in [0, 0.1) is 12.8 Å². The molecule has 14 heavy (non-hydrogen) atoms. The summed E-state index contributed by atoms with van der Waals surface area (Å²) in [7, 11) is 0. The van der Waals surface area contributed by atoms with Gasteiger partial charge in [-0.3, -0.25) is 0 Å². The van der Waals surface area contributed by atoms with Crippen molar-refractivity contribution in [2.75, 3.05) is 11.1 Å². The van der Waals surface area contributed by atoms with Gasteiger partial charge < -0.3 is 11.1 Å². The van der Waals surface area contributed by atoms with Gasteiger partial charge in [0.1, 0.15) is 10.8 Å². The van der Waals surface area contributed by atoms with Crippen LogP contribution in [0.3, 0.4) is 0 Å². The van der Waals surface area contributed by atoms with Gasteiger partial charge in [-0.1, -0.05) is 13.3 Å². The zero-order chi connectivity index (χ0) is 10.1. The SMILES string of the molecule is Cc1c(N)nsc1NC1CCCC1C. The fourth-order valence-electron chi connectivity index (χ4n) is 2.01. The molecule has 0 radical (unpaired) electrons. The molecular weight excluding hydrogens is 194 g/mol. The third-order valence-corrected chi connectivity index (χ3v) is 4.03. The molecule has 0 aromatic carbocycles. The lowest BCUT2D eigenvalue weighted by molar-refractivity contribution is 0.557. The molecule has 78 valence electrons. The minimum Gasteiger partial charge on any atom is -0.383 e. The maximum atomic E-state index is 5.71. The Kier molecular flexibility index (Phi) is 2.63. The second-order valence-corrected chi connectivity index (χ2v) is 4.95. The predicted molar refractivity (Wildman–Crippen MR) is 61.7 cm³/mol. The first-order valence-corrected chi connectivity index (χ1v) is 5.94. The van der Waals surface area contributed by atoms with Crippen LogP contribution in [-0.2, 0) is 0 Å². The van der Waals surface area contributed by atoms with E-state index in [2.05, 4.69) is 16.6 Å². The summed E-state index contributed by atoms with van der Waals surface area (Å²) >= 11 is 1.48. The van der Waals surface area contributed by atoms with E-state index in [1.807, 2.05) is 6.92 Å². The molecule has 4 heteroatoms. The summed E-state index contributed by atoms with van der Waals surface area (Å²) in [4.78, 5) is 0. The molecular formula is C10H17N3S. The van der Waals surface area contributed by atoms with Gasteiger partial charge in [-0.25, -0.2) is 0 Å². The minimum absolute atomic E-state index is 0.619. The second-order valence-electron chi connectivity index (χ2n) is 4.18. The summed E-state index contributed by atoms with van der Waals surface area (Å²) in [6, 6.07) is 0.619. The molecule has 1 aromatic heterocycles. The van der Waals surface area contributed by atoms with Crippen LogP contribution >= 0.6 is 11.5 Å². The third kappa shape index (κ3) is 1.71. The van der Waals surface area contributed by atoms with Crippen molar-refractivity contribution >= 4 is 22.4 Å². The van der Waals surface area contributed by atoms with E-state index >= 15 is 0 Å². The molecule has 2 rings (SSSR count). The number of aromatic nitrogens is 1. The smallest absolute Gasteiger partial charge is 0.142 e. The average Bonchev–Trinajstić information content (AvgIpc) is 2.68. The van der Waals surface area contributed by atoms with Gasteiger partial charge >= 0.3 is 0 Å². The van der Waals surface area contributed by atoms with Crippen molar-refractivity contribution in [1.82, 2.24) is 4.37 Å². The first-order chi connectivity index (χ1) is 6.68. The number of hydrogen-bond donors (Lipinski definition) is 2. The quantitative estimate of drug-likeness (QED) is 0.790. The molecule has 3 nitrogen and oxygen atoms in total. The summed E-state index contributed by atoms with van der Waals surface area (Å²) in [5, 5.41) is 4.71. The first kappa shape index (κ1) is 9.77. The Morgan fingerprint density at radius 3 is 2.79 bits per heavy atom. The average molecular weight is 211 g/mol. The Morgan fingerprint density at radius 2 is 2.29 bits per heavy atom. The van der Waals surface area contributed by atoms with E-state index < -0.39 is 0 Å². The summed E-state index contributed by atoms with van der Waals surface area (Å²) in [6.07, 6.45) is 3.95. The highest BCUT2D eigenvalue weighted by atomic mass is 32.1. The highest BCUT2D eigenvalue weighted by molar-refractivity contribution is 7.10. The molecule has 0 aliphatic heterocycles. The van der Waals surface area contributed by atoms with Crippen LogP contribution in [0.15, 0.2) is 0 Å². The van der Waals surface area contributed by atoms with Gasteiger partial charge in [-0.2, -0.15) is 4.37 Å². The van der Waals surface area contributed by atoms with E-state index in [1.165, 1.54) is 30.8 Å². The zero-order valence-electron chi connectivity index (χ0n) is 8.71. The molecule has 2 atom stereocenters. The fourth-order valence-corrected chi connectivity index (χ4v) is 2.78. The van der Waals surface area contributed by atoms with Crippen molar-refractivity contribution in [2.45, 2.75) is 39.2 Å². The van der Waals surface area contributed by atoms with Crippen molar-refractivity contribution in [3.8, 4) is 0 Å². The lowest BCUT2D eigenvalue weighted by Crippen LogP contribution is -2.21. The number of rotatable bonds is 2. The number of nitrogens with two attached hydrogens (primary N) is 1. The Labute approximate surface area is 88.9 Å². The maximum Gasteiger partial charge on any atom is 0.142 e. The van der Waals surface area contributed by atoms with Crippen molar-refractivity contribution < 1.29 is 0 Å². The highest BCUT2D eigenvalue weighted by Crippen LogP contribution is 2.32. The molecule has 3 N–H and O–H groups in total. The van der Waals surface area contributed by atoms with Crippen LogP contribution in [0.1, 0.15) is 31.7 Å². The number of nitrogen functional groups attached to an aromatic ring is 1. The van der Waals surface area contributed by atoms with Crippen molar-refractivity contribution in [3.05, 3.63) is 5.56 Å². The number of nitrogens with one attached hydrogen (secondary N) is 1. The molecule has 1 aromatic rings. The minimum atomic E-state index is 0.619. The largest absolute Gasteiger partial charge is 0.383 e. The fraction of sp³-hybridized carbons (Fsp3) is 0.700. The van der Waals surface area contributed by atoms with Crippen molar-refractivity contribution in [1.29, 1.82) is 0 Å². The second kappa shape index (κ2) is 3.77. The molecule has 1 aliphatic carbocycles.